The van der Waals surface area contributed by atoms with Crippen LogP contribution in [0.1, 0.15) is 29.9 Å². The number of amides is 1. The number of benzene rings is 2. The van der Waals surface area contributed by atoms with Crippen LogP contribution >= 0.6 is 0 Å². The maximum atomic E-state index is 13.6. The molecule has 0 aliphatic rings. The Labute approximate surface area is 178 Å². The maximum Gasteiger partial charge on any atom is 0.436 e. The molecule has 0 fully saturated rings. The van der Waals surface area contributed by atoms with Crippen LogP contribution in [-0.4, -0.2) is 28.8 Å². The van der Waals surface area contributed by atoms with Gasteiger partial charge in [0, 0.05) is 31.5 Å². The van der Waals surface area contributed by atoms with E-state index in [-0.39, 0.29) is 11.6 Å². The van der Waals surface area contributed by atoms with E-state index in [4.69, 9.17) is 4.74 Å². The van der Waals surface area contributed by atoms with Crippen LogP contribution in [0.15, 0.2) is 54.6 Å². The second-order valence-electron chi connectivity index (χ2n) is 6.74. The van der Waals surface area contributed by atoms with Crippen LogP contribution in [0.2, 0.25) is 0 Å². The summed E-state index contributed by atoms with van der Waals surface area (Å²) >= 11 is 0. The predicted octanol–water partition coefficient (Wildman–Crippen LogP) is 5.33. The van der Waals surface area contributed by atoms with E-state index in [9.17, 15) is 18.0 Å². The van der Waals surface area contributed by atoms with Crippen molar-refractivity contribution in [2.45, 2.75) is 20.0 Å². The second kappa shape index (κ2) is 9.11. The van der Waals surface area contributed by atoms with Gasteiger partial charge in [-0.1, -0.05) is 18.2 Å². The van der Waals surface area contributed by atoms with Crippen molar-refractivity contribution in [3.63, 3.8) is 0 Å². The highest BCUT2D eigenvalue weighted by atomic mass is 19.4. The predicted molar refractivity (Wildman–Crippen MR) is 113 cm³/mol. The molecule has 1 N–H and O–H groups in total. The summed E-state index contributed by atoms with van der Waals surface area (Å²) in [7, 11) is 1.29. The molecule has 0 aliphatic carbocycles. The number of aromatic nitrogens is 2. The fourth-order valence-electron chi connectivity index (χ4n) is 3.17. The third-order valence-corrected chi connectivity index (χ3v) is 4.70. The van der Waals surface area contributed by atoms with Crippen LogP contribution in [-0.2, 0) is 13.2 Å². The van der Waals surface area contributed by atoms with Gasteiger partial charge < -0.3 is 15.0 Å². The molecule has 0 unspecified atom stereocenters. The molecular weight excluding hydrogens is 409 g/mol. The first-order chi connectivity index (χ1) is 14.7. The van der Waals surface area contributed by atoms with Crippen molar-refractivity contribution in [3.05, 3.63) is 65.9 Å². The topological polar surface area (TPSA) is 59.4 Å². The van der Waals surface area contributed by atoms with Gasteiger partial charge in [0.05, 0.1) is 0 Å². The average molecular weight is 432 g/mol. The van der Waals surface area contributed by atoms with E-state index < -0.39 is 23.3 Å². The molecule has 6 nitrogen and oxygen atoms in total. The number of hydrogen-bond donors (Lipinski definition) is 1. The molecular formula is C22H23F3N4O2. The summed E-state index contributed by atoms with van der Waals surface area (Å²) in [5, 5.41) is 6.02. The molecule has 0 bridgehead atoms. The maximum absolute atomic E-state index is 13.6. The van der Waals surface area contributed by atoms with E-state index in [1.807, 2.05) is 13.8 Å². The third-order valence-electron chi connectivity index (χ3n) is 4.70. The van der Waals surface area contributed by atoms with Crippen molar-refractivity contribution in [1.29, 1.82) is 0 Å². The van der Waals surface area contributed by atoms with E-state index >= 15 is 0 Å². The smallest absolute Gasteiger partial charge is 0.436 e. The molecule has 3 aromatic rings. The van der Waals surface area contributed by atoms with E-state index in [1.165, 1.54) is 7.05 Å². The fraction of sp³-hybridized carbons (Fsp3) is 0.273. The standard InChI is InChI=1S/C22H23F3N4O2/c1-4-29(5-2)16-13-11-15(12-14-16)26-20(30)18-19(22(23,24)25)27-28(3)21(18)31-17-9-7-6-8-10-17/h6-14H,4-5H2,1-3H3,(H,26,30). The second-order valence-corrected chi connectivity index (χ2v) is 6.74. The molecule has 1 aromatic heterocycles. The summed E-state index contributed by atoms with van der Waals surface area (Å²) in [6, 6.07) is 15.1. The zero-order chi connectivity index (χ0) is 22.6. The molecule has 164 valence electrons. The molecule has 2 aromatic carbocycles. The minimum Gasteiger partial charge on any atom is -0.438 e. The number of carbonyl (C=O) groups is 1. The molecule has 0 spiro atoms. The number of ether oxygens (including phenoxy) is 1. The van der Waals surface area contributed by atoms with Crippen molar-refractivity contribution in [2.24, 2.45) is 7.05 Å². The van der Waals surface area contributed by atoms with Crippen LogP contribution in [0.4, 0.5) is 24.5 Å². The highest BCUT2D eigenvalue weighted by molar-refractivity contribution is 6.07. The zero-order valence-corrected chi connectivity index (χ0v) is 17.4. The number of halogens is 3. The van der Waals surface area contributed by atoms with Crippen molar-refractivity contribution in [2.75, 3.05) is 23.3 Å². The largest absolute Gasteiger partial charge is 0.438 e. The normalized spacial score (nSPS) is 11.3. The number of alkyl halides is 3. The summed E-state index contributed by atoms with van der Waals surface area (Å²) in [4.78, 5) is 15.0. The molecule has 1 heterocycles. The minimum absolute atomic E-state index is 0.289. The van der Waals surface area contributed by atoms with Crippen LogP contribution in [0.25, 0.3) is 0 Å². The van der Waals surface area contributed by atoms with Gasteiger partial charge in [-0.15, -0.1) is 0 Å². The lowest BCUT2D eigenvalue weighted by atomic mass is 10.2. The summed E-state index contributed by atoms with van der Waals surface area (Å²) in [5.41, 5.74) is -0.665. The lowest BCUT2D eigenvalue weighted by molar-refractivity contribution is -0.141. The van der Waals surface area contributed by atoms with Crippen molar-refractivity contribution in [3.8, 4) is 11.6 Å². The van der Waals surface area contributed by atoms with E-state index in [0.717, 1.165) is 23.5 Å². The number of rotatable bonds is 7. The van der Waals surface area contributed by atoms with Crippen LogP contribution in [0, 0.1) is 0 Å². The van der Waals surface area contributed by atoms with E-state index in [2.05, 4.69) is 15.3 Å². The van der Waals surface area contributed by atoms with Gasteiger partial charge >= 0.3 is 6.18 Å². The minimum atomic E-state index is -4.82. The lowest BCUT2D eigenvalue weighted by Crippen LogP contribution is -2.22. The fourth-order valence-corrected chi connectivity index (χ4v) is 3.17. The average Bonchev–Trinajstić information content (AvgIpc) is 3.07. The van der Waals surface area contributed by atoms with Gasteiger partial charge in [0.15, 0.2) is 5.69 Å². The molecule has 0 aliphatic heterocycles. The van der Waals surface area contributed by atoms with Crippen LogP contribution < -0.4 is 15.0 Å². The van der Waals surface area contributed by atoms with Gasteiger partial charge in [0.1, 0.15) is 11.3 Å². The lowest BCUT2D eigenvalue weighted by Gasteiger charge is -2.21. The molecule has 9 heteroatoms. The van der Waals surface area contributed by atoms with Gasteiger partial charge in [-0.2, -0.15) is 18.3 Å². The summed E-state index contributed by atoms with van der Waals surface area (Å²) in [5.74, 6) is -0.963. The molecule has 0 saturated heterocycles. The Balaban J connectivity index is 1.93. The Morgan fingerprint density at radius 1 is 1.06 bits per heavy atom. The Hall–Kier alpha value is -3.49. The third kappa shape index (κ3) is 4.99. The van der Waals surface area contributed by atoms with Gasteiger partial charge in [0.25, 0.3) is 5.91 Å². The SMILES string of the molecule is CCN(CC)c1ccc(NC(=O)c2c(C(F)(F)F)nn(C)c2Oc2ccccc2)cc1. The van der Waals surface area contributed by atoms with Crippen molar-refractivity contribution < 1.29 is 22.7 Å². The number of aryl methyl sites for hydroxylation is 1. The zero-order valence-electron chi connectivity index (χ0n) is 17.4. The Kier molecular flexibility index (Phi) is 6.53. The number of hydrogen-bond acceptors (Lipinski definition) is 4. The molecule has 31 heavy (non-hydrogen) atoms. The first-order valence-corrected chi connectivity index (χ1v) is 9.78. The molecule has 0 saturated carbocycles. The van der Waals surface area contributed by atoms with Crippen LogP contribution in [0.3, 0.4) is 0 Å². The molecule has 0 atom stereocenters. The number of para-hydroxylation sites is 1. The van der Waals surface area contributed by atoms with Crippen LogP contribution in [0.5, 0.6) is 11.6 Å². The van der Waals surface area contributed by atoms with Gasteiger partial charge in [-0.3, -0.25) is 4.79 Å². The number of nitrogens with one attached hydrogen (secondary N) is 1. The Bertz CT molecular complexity index is 1030. The number of carbonyl (C=O) groups excluding carboxylic acids is 1. The van der Waals surface area contributed by atoms with Crippen molar-refractivity contribution >= 4 is 17.3 Å². The van der Waals surface area contributed by atoms with Crippen molar-refractivity contribution in [1.82, 2.24) is 9.78 Å². The summed E-state index contributed by atoms with van der Waals surface area (Å²) in [6.45, 7) is 5.67. The summed E-state index contributed by atoms with van der Waals surface area (Å²) in [6.07, 6.45) is -4.82. The van der Waals surface area contributed by atoms with Gasteiger partial charge in [0.2, 0.25) is 5.88 Å². The number of anilines is 2. The monoisotopic (exact) mass is 432 g/mol. The first-order valence-electron chi connectivity index (χ1n) is 9.78. The first kappa shape index (κ1) is 22.2. The quantitative estimate of drug-likeness (QED) is 0.548. The molecule has 1 amide bonds. The highest BCUT2D eigenvalue weighted by Crippen LogP contribution is 2.37. The Morgan fingerprint density at radius 3 is 2.23 bits per heavy atom. The number of nitrogens with zero attached hydrogens (tertiary/aromatic N) is 3. The molecule has 3 rings (SSSR count). The summed E-state index contributed by atoms with van der Waals surface area (Å²) < 4.78 is 47.2. The molecule has 0 radical (unpaired) electrons. The Morgan fingerprint density at radius 2 is 1.68 bits per heavy atom. The van der Waals surface area contributed by atoms with Gasteiger partial charge in [-0.05, 0) is 50.2 Å². The van der Waals surface area contributed by atoms with E-state index in [1.54, 1.807) is 54.6 Å². The van der Waals surface area contributed by atoms with Gasteiger partial charge in [-0.25, -0.2) is 4.68 Å². The van der Waals surface area contributed by atoms with E-state index in [0.29, 0.717) is 5.69 Å². The highest BCUT2D eigenvalue weighted by Gasteiger charge is 2.42.